The van der Waals surface area contributed by atoms with Gasteiger partial charge in [-0.3, -0.25) is 4.79 Å². The van der Waals surface area contributed by atoms with Gasteiger partial charge in [-0.1, -0.05) is 32.6 Å². The largest absolute Gasteiger partial charge is 0.481 e. The van der Waals surface area contributed by atoms with Gasteiger partial charge >= 0.3 is 5.97 Å². The molecule has 0 heterocycles. The number of carbonyl (C=O) groups is 1. The van der Waals surface area contributed by atoms with Crippen LogP contribution in [0.4, 0.5) is 0 Å². The smallest absolute Gasteiger partial charge is 0.304 e. The summed E-state index contributed by atoms with van der Waals surface area (Å²) >= 11 is 0. The molecule has 0 amide bonds. The highest BCUT2D eigenvalue weighted by Crippen LogP contribution is 2.23. The van der Waals surface area contributed by atoms with E-state index in [0.29, 0.717) is 19.3 Å². The molecule has 0 aromatic heterocycles. The maximum Gasteiger partial charge on any atom is 0.304 e. The first-order valence-electron chi connectivity index (χ1n) is 6.68. The summed E-state index contributed by atoms with van der Waals surface area (Å²) in [6.07, 6.45) is 5.58. The van der Waals surface area contributed by atoms with Crippen LogP contribution in [0.25, 0.3) is 0 Å². The number of hydrogen-bond acceptors (Lipinski definition) is 3. The van der Waals surface area contributed by atoms with Gasteiger partial charge in [-0.25, -0.2) is 13.1 Å². The second kappa shape index (κ2) is 7.09. The molecule has 2 N–H and O–H groups in total. The molecule has 1 atom stereocenters. The van der Waals surface area contributed by atoms with Gasteiger partial charge < -0.3 is 5.11 Å². The lowest BCUT2D eigenvalue weighted by molar-refractivity contribution is -0.137. The third kappa shape index (κ3) is 4.94. The standard InChI is InChI=1S/C12H23NO4S/c1-2-6-10(9-12(14)15)13-18(16,17)11-7-4-3-5-8-11/h10-11,13H,2-9H2,1H3,(H,14,15). The van der Waals surface area contributed by atoms with Crippen LogP contribution in [0.15, 0.2) is 0 Å². The summed E-state index contributed by atoms with van der Waals surface area (Å²) in [7, 11) is -3.36. The molecule has 1 saturated carbocycles. The highest BCUT2D eigenvalue weighted by molar-refractivity contribution is 7.90. The summed E-state index contributed by atoms with van der Waals surface area (Å²) in [5.41, 5.74) is 0. The zero-order chi connectivity index (χ0) is 13.6. The van der Waals surface area contributed by atoms with Crippen molar-refractivity contribution in [2.24, 2.45) is 0 Å². The van der Waals surface area contributed by atoms with Crippen LogP contribution in [-0.2, 0) is 14.8 Å². The van der Waals surface area contributed by atoms with Crippen molar-refractivity contribution < 1.29 is 18.3 Å². The van der Waals surface area contributed by atoms with Crippen LogP contribution in [0.5, 0.6) is 0 Å². The minimum absolute atomic E-state index is 0.139. The van der Waals surface area contributed by atoms with Crippen molar-refractivity contribution >= 4 is 16.0 Å². The van der Waals surface area contributed by atoms with Gasteiger partial charge in [0.2, 0.25) is 10.0 Å². The summed E-state index contributed by atoms with van der Waals surface area (Å²) in [6.45, 7) is 1.92. The number of carboxylic acid groups (broad SMARTS) is 1. The highest BCUT2D eigenvalue weighted by atomic mass is 32.2. The molecule has 5 nitrogen and oxygen atoms in total. The van der Waals surface area contributed by atoms with E-state index in [-0.39, 0.29) is 11.7 Å². The predicted molar refractivity (Wildman–Crippen MR) is 69.9 cm³/mol. The average Bonchev–Trinajstić information content (AvgIpc) is 2.29. The average molecular weight is 277 g/mol. The summed E-state index contributed by atoms with van der Waals surface area (Å²) in [4.78, 5) is 10.7. The molecular weight excluding hydrogens is 254 g/mol. The Kier molecular flexibility index (Phi) is 6.08. The van der Waals surface area contributed by atoms with Crippen molar-refractivity contribution in [1.82, 2.24) is 4.72 Å². The van der Waals surface area contributed by atoms with Crippen molar-refractivity contribution in [2.45, 2.75) is 69.6 Å². The lowest BCUT2D eigenvalue weighted by Gasteiger charge is -2.25. The Bertz CT molecular complexity index is 360. The van der Waals surface area contributed by atoms with Crippen molar-refractivity contribution in [2.75, 3.05) is 0 Å². The van der Waals surface area contributed by atoms with Crippen LogP contribution in [0.2, 0.25) is 0 Å². The van der Waals surface area contributed by atoms with E-state index in [2.05, 4.69) is 4.72 Å². The maximum absolute atomic E-state index is 12.1. The van der Waals surface area contributed by atoms with Crippen molar-refractivity contribution in [3.05, 3.63) is 0 Å². The van der Waals surface area contributed by atoms with E-state index in [4.69, 9.17) is 5.11 Å². The van der Waals surface area contributed by atoms with Gasteiger partial charge in [0.15, 0.2) is 0 Å². The third-order valence-corrected chi connectivity index (χ3v) is 5.39. The van der Waals surface area contributed by atoms with E-state index in [1.807, 2.05) is 6.92 Å². The lowest BCUT2D eigenvalue weighted by atomic mass is 10.0. The first kappa shape index (κ1) is 15.4. The summed E-state index contributed by atoms with van der Waals surface area (Å²) in [5.74, 6) is -0.959. The van der Waals surface area contributed by atoms with E-state index in [0.717, 1.165) is 25.7 Å². The fourth-order valence-corrected chi connectivity index (χ4v) is 4.28. The number of sulfonamides is 1. The van der Waals surface area contributed by atoms with Crippen LogP contribution in [0.3, 0.4) is 0 Å². The zero-order valence-electron chi connectivity index (χ0n) is 10.9. The van der Waals surface area contributed by atoms with Crippen LogP contribution in [-0.4, -0.2) is 30.8 Å². The molecule has 0 bridgehead atoms. The SMILES string of the molecule is CCCC(CC(=O)O)NS(=O)(=O)C1CCCCC1. The second-order valence-electron chi connectivity index (χ2n) is 5.01. The van der Waals surface area contributed by atoms with E-state index in [9.17, 15) is 13.2 Å². The Hall–Kier alpha value is -0.620. The summed E-state index contributed by atoms with van der Waals surface area (Å²) < 4.78 is 26.9. The molecule has 0 aromatic rings. The molecule has 0 radical (unpaired) electrons. The second-order valence-corrected chi connectivity index (χ2v) is 7.00. The molecule has 106 valence electrons. The fourth-order valence-electron chi connectivity index (χ4n) is 2.47. The minimum Gasteiger partial charge on any atom is -0.481 e. The molecule has 1 unspecified atom stereocenters. The van der Waals surface area contributed by atoms with Gasteiger partial charge in [-0.05, 0) is 19.3 Å². The highest BCUT2D eigenvalue weighted by Gasteiger charge is 2.29. The van der Waals surface area contributed by atoms with Gasteiger partial charge in [0.1, 0.15) is 0 Å². The third-order valence-electron chi connectivity index (χ3n) is 3.38. The number of aliphatic carboxylic acids is 1. The number of rotatable bonds is 7. The Morgan fingerprint density at radius 2 is 1.94 bits per heavy atom. The topological polar surface area (TPSA) is 83.5 Å². The van der Waals surface area contributed by atoms with E-state index >= 15 is 0 Å². The summed E-state index contributed by atoms with van der Waals surface area (Å²) in [6, 6.07) is -0.473. The van der Waals surface area contributed by atoms with Crippen molar-refractivity contribution in [3.8, 4) is 0 Å². The first-order valence-corrected chi connectivity index (χ1v) is 8.23. The number of nitrogens with one attached hydrogen (secondary N) is 1. The van der Waals surface area contributed by atoms with Gasteiger partial charge in [0, 0.05) is 6.04 Å². The first-order chi connectivity index (χ1) is 8.45. The molecule has 0 spiro atoms. The van der Waals surface area contributed by atoms with Crippen LogP contribution in [0.1, 0.15) is 58.3 Å². The van der Waals surface area contributed by atoms with Crippen LogP contribution < -0.4 is 4.72 Å². The van der Waals surface area contributed by atoms with Gasteiger partial charge in [0.05, 0.1) is 11.7 Å². The van der Waals surface area contributed by atoms with Crippen molar-refractivity contribution in [1.29, 1.82) is 0 Å². The quantitative estimate of drug-likeness (QED) is 0.744. The fraction of sp³-hybridized carbons (Fsp3) is 0.917. The minimum atomic E-state index is -3.36. The van der Waals surface area contributed by atoms with Gasteiger partial charge in [-0.2, -0.15) is 0 Å². The van der Waals surface area contributed by atoms with E-state index in [1.165, 1.54) is 0 Å². The summed E-state index contributed by atoms with van der Waals surface area (Å²) in [5, 5.41) is 8.45. The molecule has 0 aliphatic heterocycles. The monoisotopic (exact) mass is 277 g/mol. The lowest BCUT2D eigenvalue weighted by Crippen LogP contribution is -2.42. The molecule has 6 heteroatoms. The predicted octanol–water partition coefficient (Wildman–Crippen LogP) is 1.88. The molecule has 1 aliphatic rings. The number of carboxylic acids is 1. The molecule has 18 heavy (non-hydrogen) atoms. The van der Waals surface area contributed by atoms with Crippen LogP contribution in [0, 0.1) is 0 Å². The Morgan fingerprint density at radius 1 is 1.33 bits per heavy atom. The van der Waals surface area contributed by atoms with Gasteiger partial charge in [0.25, 0.3) is 0 Å². The van der Waals surface area contributed by atoms with Gasteiger partial charge in [-0.15, -0.1) is 0 Å². The van der Waals surface area contributed by atoms with E-state index < -0.39 is 22.0 Å². The van der Waals surface area contributed by atoms with Crippen LogP contribution >= 0.6 is 0 Å². The molecule has 1 fully saturated rings. The van der Waals surface area contributed by atoms with E-state index in [1.54, 1.807) is 0 Å². The molecule has 0 aromatic carbocycles. The van der Waals surface area contributed by atoms with Crippen molar-refractivity contribution in [3.63, 3.8) is 0 Å². The molecule has 1 rings (SSSR count). The molecular formula is C12H23NO4S. The normalized spacial score (nSPS) is 19.6. The Morgan fingerprint density at radius 3 is 2.44 bits per heavy atom. The Balaban J connectivity index is 2.62. The molecule has 0 saturated heterocycles. The zero-order valence-corrected chi connectivity index (χ0v) is 11.7. The maximum atomic E-state index is 12.1. The number of hydrogen-bond donors (Lipinski definition) is 2. The molecule has 1 aliphatic carbocycles. The Labute approximate surface area is 109 Å².